The maximum Gasteiger partial charge on any atom is 0.279 e. The summed E-state index contributed by atoms with van der Waals surface area (Å²) in [6.07, 6.45) is 4.67. The van der Waals surface area contributed by atoms with Crippen molar-refractivity contribution >= 4 is 0 Å². The van der Waals surface area contributed by atoms with Crippen LogP contribution >= 0.6 is 0 Å². The van der Waals surface area contributed by atoms with Crippen molar-refractivity contribution in [3.63, 3.8) is 0 Å². The molecule has 0 aromatic carbocycles. The van der Waals surface area contributed by atoms with Gasteiger partial charge < -0.3 is 9.51 Å². The highest BCUT2D eigenvalue weighted by Gasteiger charge is 2.32. The Kier molecular flexibility index (Phi) is 3.59. The fourth-order valence-electron chi connectivity index (χ4n) is 3.42. The maximum atomic E-state index is 11.2. The minimum absolute atomic E-state index is 0.161. The van der Waals surface area contributed by atoms with E-state index in [0.29, 0.717) is 17.3 Å². The zero-order valence-corrected chi connectivity index (χ0v) is 14.7. The molecule has 0 spiro atoms. The van der Waals surface area contributed by atoms with E-state index in [1.807, 2.05) is 0 Å². The zero-order chi connectivity index (χ0) is 17.6. The Balaban J connectivity index is 1.75. The third-order valence-corrected chi connectivity index (χ3v) is 4.83. The van der Waals surface area contributed by atoms with Gasteiger partial charge >= 0.3 is 0 Å². The lowest BCUT2D eigenvalue weighted by Crippen LogP contribution is -2.24. The first-order valence-electron chi connectivity index (χ1n) is 8.58. The van der Waals surface area contributed by atoms with Crippen LogP contribution in [0.5, 0.6) is 0 Å². The monoisotopic (exact) mass is 339 g/mol. The van der Waals surface area contributed by atoms with Gasteiger partial charge in [-0.15, -0.1) is 0 Å². The molecule has 0 radical (unpaired) electrons. The van der Waals surface area contributed by atoms with E-state index in [1.54, 1.807) is 12.3 Å². The molecule has 0 saturated heterocycles. The highest BCUT2D eigenvalue weighted by molar-refractivity contribution is 5.60. The van der Waals surface area contributed by atoms with E-state index in [4.69, 9.17) is 9.62 Å². The quantitative estimate of drug-likeness (QED) is 0.792. The van der Waals surface area contributed by atoms with Gasteiger partial charge in [0.15, 0.2) is 5.69 Å². The molecular weight excluding hydrogens is 318 g/mol. The molecule has 7 heteroatoms. The predicted octanol–water partition coefficient (Wildman–Crippen LogP) is 2.82. The number of pyridine rings is 1. The van der Waals surface area contributed by atoms with Crippen molar-refractivity contribution in [2.75, 3.05) is 0 Å². The smallest absolute Gasteiger partial charge is 0.279 e. The Labute approximate surface area is 145 Å². The van der Waals surface area contributed by atoms with E-state index in [-0.39, 0.29) is 11.0 Å². The largest absolute Gasteiger partial charge is 0.332 e. The van der Waals surface area contributed by atoms with Crippen molar-refractivity contribution in [3.8, 4) is 23.0 Å². The number of aromatic amines is 1. The zero-order valence-electron chi connectivity index (χ0n) is 14.7. The highest BCUT2D eigenvalue weighted by Crippen LogP contribution is 2.38. The Hall–Kier alpha value is -2.70. The van der Waals surface area contributed by atoms with E-state index >= 15 is 0 Å². The van der Waals surface area contributed by atoms with Crippen molar-refractivity contribution in [3.05, 3.63) is 39.9 Å². The van der Waals surface area contributed by atoms with Gasteiger partial charge in [0, 0.05) is 35.6 Å². The summed E-state index contributed by atoms with van der Waals surface area (Å²) < 4.78 is 7.53. The van der Waals surface area contributed by atoms with Crippen LogP contribution in [0.25, 0.3) is 23.0 Å². The Morgan fingerprint density at radius 1 is 1.36 bits per heavy atom. The van der Waals surface area contributed by atoms with Crippen LogP contribution in [0.4, 0.5) is 0 Å². The van der Waals surface area contributed by atoms with Crippen LogP contribution in [0, 0.1) is 5.41 Å². The van der Waals surface area contributed by atoms with Gasteiger partial charge in [-0.05, 0) is 37.7 Å². The number of nitrogens with zero attached hydrogens (tertiary/aromatic N) is 4. The second kappa shape index (κ2) is 5.68. The number of rotatable bonds is 3. The number of aryl methyl sites for hydroxylation is 1. The van der Waals surface area contributed by atoms with Gasteiger partial charge in [-0.3, -0.25) is 9.48 Å². The van der Waals surface area contributed by atoms with Crippen molar-refractivity contribution in [2.24, 2.45) is 5.41 Å². The minimum atomic E-state index is -0.161. The number of hydrogen-bond donors (Lipinski definition) is 1. The fourth-order valence-corrected chi connectivity index (χ4v) is 3.42. The Bertz CT molecular complexity index is 959. The predicted molar refractivity (Wildman–Crippen MR) is 93.1 cm³/mol. The third-order valence-electron chi connectivity index (χ3n) is 4.83. The van der Waals surface area contributed by atoms with Gasteiger partial charge in [-0.1, -0.05) is 19.0 Å². The SMILES string of the molecule is CCn1nc(-c2nc(-c3ccc(=O)[nH]c3)no2)c2c1CC(C)(C)CC2. The molecule has 3 aromatic heterocycles. The lowest BCUT2D eigenvalue weighted by Gasteiger charge is -2.30. The van der Waals surface area contributed by atoms with Crippen molar-refractivity contribution in [2.45, 2.75) is 46.6 Å². The lowest BCUT2D eigenvalue weighted by molar-refractivity contribution is 0.304. The molecule has 1 N–H and O–H groups in total. The van der Waals surface area contributed by atoms with Crippen LogP contribution in [-0.4, -0.2) is 24.9 Å². The van der Waals surface area contributed by atoms with E-state index in [2.05, 4.69) is 40.6 Å². The standard InChI is InChI=1S/C18H21N5O2/c1-4-23-13-9-18(2,3)8-7-12(13)15(21-23)17-20-16(22-25-17)11-5-6-14(24)19-10-11/h5-6,10H,4,7-9H2,1-3H3,(H,19,24). The first-order chi connectivity index (χ1) is 12.0. The number of H-pyrrole nitrogens is 1. The van der Waals surface area contributed by atoms with Crippen molar-refractivity contribution < 1.29 is 4.52 Å². The summed E-state index contributed by atoms with van der Waals surface area (Å²) in [4.78, 5) is 18.3. The second-order valence-corrected chi connectivity index (χ2v) is 7.30. The van der Waals surface area contributed by atoms with Crippen molar-refractivity contribution in [1.82, 2.24) is 24.9 Å². The van der Waals surface area contributed by atoms with Gasteiger partial charge in [0.1, 0.15) is 0 Å². The minimum Gasteiger partial charge on any atom is -0.332 e. The summed E-state index contributed by atoms with van der Waals surface area (Å²) >= 11 is 0. The molecule has 7 nitrogen and oxygen atoms in total. The molecule has 0 atom stereocenters. The van der Waals surface area contributed by atoms with Gasteiger partial charge in [0.05, 0.1) is 0 Å². The summed E-state index contributed by atoms with van der Waals surface area (Å²) in [5.41, 5.74) is 4.11. The van der Waals surface area contributed by atoms with Gasteiger partial charge in [-0.2, -0.15) is 10.1 Å². The summed E-state index contributed by atoms with van der Waals surface area (Å²) in [6.45, 7) is 7.50. The number of nitrogens with one attached hydrogen (secondary N) is 1. The van der Waals surface area contributed by atoms with Crippen LogP contribution in [0.1, 0.15) is 38.4 Å². The van der Waals surface area contributed by atoms with Crippen LogP contribution in [0.3, 0.4) is 0 Å². The highest BCUT2D eigenvalue weighted by atomic mass is 16.5. The van der Waals surface area contributed by atoms with Crippen LogP contribution in [-0.2, 0) is 19.4 Å². The number of aromatic nitrogens is 5. The molecule has 3 heterocycles. The van der Waals surface area contributed by atoms with Crippen molar-refractivity contribution in [1.29, 1.82) is 0 Å². The van der Waals surface area contributed by atoms with Crippen LogP contribution in [0.2, 0.25) is 0 Å². The third kappa shape index (κ3) is 2.79. The lowest BCUT2D eigenvalue weighted by atomic mass is 9.76. The van der Waals surface area contributed by atoms with Crippen LogP contribution in [0.15, 0.2) is 27.6 Å². The molecule has 1 aliphatic carbocycles. The summed E-state index contributed by atoms with van der Waals surface area (Å²) in [5, 5.41) is 8.78. The van der Waals surface area contributed by atoms with Gasteiger partial charge in [0.2, 0.25) is 11.4 Å². The molecule has 4 rings (SSSR count). The summed E-state index contributed by atoms with van der Waals surface area (Å²) in [7, 11) is 0. The second-order valence-electron chi connectivity index (χ2n) is 7.30. The molecule has 1 aliphatic rings. The molecule has 130 valence electrons. The molecule has 0 fully saturated rings. The molecule has 0 saturated carbocycles. The first kappa shape index (κ1) is 15.8. The van der Waals surface area contributed by atoms with E-state index in [0.717, 1.165) is 31.5 Å². The van der Waals surface area contributed by atoms with E-state index in [9.17, 15) is 4.79 Å². The Morgan fingerprint density at radius 2 is 2.20 bits per heavy atom. The van der Waals surface area contributed by atoms with Gasteiger partial charge in [0.25, 0.3) is 5.89 Å². The molecule has 0 bridgehead atoms. The summed E-state index contributed by atoms with van der Waals surface area (Å²) in [6, 6.07) is 3.12. The molecular formula is C18H21N5O2. The number of hydrogen-bond acceptors (Lipinski definition) is 5. The first-order valence-corrected chi connectivity index (χ1v) is 8.58. The van der Waals surface area contributed by atoms with E-state index in [1.165, 1.54) is 17.3 Å². The van der Waals surface area contributed by atoms with E-state index < -0.39 is 0 Å². The number of fused-ring (bicyclic) bond motifs is 1. The van der Waals surface area contributed by atoms with Gasteiger partial charge in [-0.25, -0.2) is 0 Å². The normalized spacial score (nSPS) is 16.0. The molecule has 0 unspecified atom stereocenters. The van der Waals surface area contributed by atoms with Crippen LogP contribution < -0.4 is 5.56 Å². The molecule has 25 heavy (non-hydrogen) atoms. The fraction of sp³-hybridized carbons (Fsp3) is 0.444. The molecule has 0 aliphatic heterocycles. The average Bonchev–Trinajstić information content (AvgIpc) is 3.18. The molecule has 3 aromatic rings. The Morgan fingerprint density at radius 3 is 2.92 bits per heavy atom. The summed E-state index contributed by atoms with van der Waals surface area (Å²) in [5.74, 6) is 0.881. The maximum absolute atomic E-state index is 11.2. The average molecular weight is 339 g/mol. The molecule has 0 amide bonds. The topological polar surface area (TPSA) is 89.6 Å².